The molecule has 17 heavy (non-hydrogen) atoms. The van der Waals surface area contributed by atoms with Gasteiger partial charge in [0.1, 0.15) is 0 Å². The van der Waals surface area contributed by atoms with Crippen LogP contribution in [0, 0.1) is 0 Å². The zero-order chi connectivity index (χ0) is 12.8. The Morgan fingerprint density at radius 2 is 2.06 bits per heavy atom. The number of benzene rings is 1. The highest BCUT2D eigenvalue weighted by Crippen LogP contribution is 2.29. The van der Waals surface area contributed by atoms with E-state index >= 15 is 0 Å². The Morgan fingerprint density at radius 3 is 2.65 bits per heavy atom. The van der Waals surface area contributed by atoms with E-state index in [4.69, 9.17) is 11.6 Å². The van der Waals surface area contributed by atoms with Crippen molar-refractivity contribution < 1.29 is 4.79 Å². The molecule has 94 valence electrons. The van der Waals surface area contributed by atoms with Gasteiger partial charge < -0.3 is 10.2 Å². The van der Waals surface area contributed by atoms with Crippen LogP contribution in [0.1, 0.15) is 13.8 Å². The first-order valence-electron chi connectivity index (χ1n) is 5.55. The van der Waals surface area contributed by atoms with Crippen LogP contribution in [0.2, 0.25) is 5.02 Å². The average molecular weight is 320 g/mol. The first kappa shape index (κ1) is 14.3. The third-order valence-corrected chi connectivity index (χ3v) is 3.90. The second kappa shape index (κ2) is 6.87. The Bertz CT molecular complexity index is 394. The summed E-state index contributed by atoms with van der Waals surface area (Å²) in [6.45, 7) is 5.68. The molecule has 0 aromatic heterocycles. The van der Waals surface area contributed by atoms with Gasteiger partial charge in [0.25, 0.3) is 0 Å². The molecule has 0 atom stereocenters. The first-order chi connectivity index (χ1) is 8.10. The Hall–Kier alpha value is -0.740. The number of hydrogen-bond acceptors (Lipinski definition) is 2. The molecule has 1 aromatic rings. The molecule has 0 saturated carbocycles. The lowest BCUT2D eigenvalue weighted by Crippen LogP contribution is -2.35. The Morgan fingerprint density at radius 1 is 1.41 bits per heavy atom. The fraction of sp³-hybridized carbons (Fsp3) is 0.417. The summed E-state index contributed by atoms with van der Waals surface area (Å²) in [4.78, 5) is 13.6. The number of nitrogens with one attached hydrogen (secondary N) is 1. The molecule has 1 amide bonds. The minimum atomic E-state index is 0.0851. The minimum Gasteiger partial charge on any atom is -0.375 e. The molecule has 0 spiro atoms. The van der Waals surface area contributed by atoms with Gasteiger partial charge in [-0.3, -0.25) is 4.79 Å². The number of nitrogens with zero attached hydrogens (tertiary/aromatic N) is 1. The van der Waals surface area contributed by atoms with E-state index in [1.165, 1.54) is 0 Å². The molecule has 0 bridgehead atoms. The van der Waals surface area contributed by atoms with Crippen LogP contribution in [0.15, 0.2) is 22.7 Å². The van der Waals surface area contributed by atoms with Crippen LogP contribution in [0.4, 0.5) is 5.69 Å². The zero-order valence-electron chi connectivity index (χ0n) is 9.96. The number of amides is 1. The van der Waals surface area contributed by atoms with Crippen molar-refractivity contribution in [2.24, 2.45) is 0 Å². The highest BCUT2D eigenvalue weighted by molar-refractivity contribution is 9.10. The number of likely N-dealkylation sites (N-methyl/N-ethyl adjacent to an activating group) is 1. The highest BCUT2D eigenvalue weighted by atomic mass is 79.9. The fourth-order valence-corrected chi connectivity index (χ4v) is 2.08. The first-order valence-corrected chi connectivity index (χ1v) is 6.72. The van der Waals surface area contributed by atoms with Crippen molar-refractivity contribution in [3.8, 4) is 0 Å². The molecular formula is C12H16BrClN2O. The molecule has 1 aromatic carbocycles. The van der Waals surface area contributed by atoms with Crippen molar-refractivity contribution in [3.63, 3.8) is 0 Å². The van der Waals surface area contributed by atoms with E-state index < -0.39 is 0 Å². The lowest BCUT2D eigenvalue weighted by atomic mass is 10.3. The van der Waals surface area contributed by atoms with E-state index in [-0.39, 0.29) is 12.5 Å². The van der Waals surface area contributed by atoms with Gasteiger partial charge in [-0.2, -0.15) is 0 Å². The molecule has 0 aliphatic rings. The van der Waals surface area contributed by atoms with Crippen molar-refractivity contribution in [1.82, 2.24) is 4.90 Å². The molecule has 0 radical (unpaired) electrons. The van der Waals surface area contributed by atoms with Crippen LogP contribution in [0.3, 0.4) is 0 Å². The van der Waals surface area contributed by atoms with Gasteiger partial charge >= 0.3 is 0 Å². The van der Waals surface area contributed by atoms with E-state index in [0.29, 0.717) is 5.02 Å². The molecule has 3 nitrogen and oxygen atoms in total. The van der Waals surface area contributed by atoms with Gasteiger partial charge in [0.15, 0.2) is 0 Å². The average Bonchev–Trinajstić information content (AvgIpc) is 2.32. The molecular weight excluding hydrogens is 304 g/mol. The third-order valence-electron chi connectivity index (χ3n) is 2.50. The summed E-state index contributed by atoms with van der Waals surface area (Å²) < 4.78 is 0.786. The van der Waals surface area contributed by atoms with Crippen molar-refractivity contribution in [2.75, 3.05) is 25.0 Å². The number of halogens is 2. The topological polar surface area (TPSA) is 32.3 Å². The van der Waals surface area contributed by atoms with Gasteiger partial charge in [-0.15, -0.1) is 0 Å². The molecule has 0 aliphatic carbocycles. The smallest absolute Gasteiger partial charge is 0.241 e. The molecule has 0 fully saturated rings. The summed E-state index contributed by atoms with van der Waals surface area (Å²) >= 11 is 9.35. The van der Waals surface area contributed by atoms with Crippen LogP contribution in [0.5, 0.6) is 0 Å². The van der Waals surface area contributed by atoms with Crippen LogP contribution in [-0.2, 0) is 4.79 Å². The molecule has 0 heterocycles. The van der Waals surface area contributed by atoms with Gasteiger partial charge in [0.2, 0.25) is 5.91 Å². The van der Waals surface area contributed by atoms with Gasteiger partial charge in [-0.05, 0) is 41.9 Å². The Kier molecular flexibility index (Phi) is 5.78. The maximum atomic E-state index is 11.8. The molecule has 0 saturated heterocycles. The number of rotatable bonds is 5. The summed E-state index contributed by atoms with van der Waals surface area (Å²) in [5, 5.41) is 3.71. The van der Waals surface area contributed by atoms with Crippen LogP contribution >= 0.6 is 27.5 Å². The number of anilines is 1. The number of hydrogen-bond donors (Lipinski definition) is 1. The minimum absolute atomic E-state index is 0.0851. The van der Waals surface area contributed by atoms with Crippen molar-refractivity contribution in [1.29, 1.82) is 0 Å². The fourth-order valence-electron chi connectivity index (χ4n) is 1.50. The molecule has 0 unspecified atom stereocenters. The normalized spacial score (nSPS) is 10.1. The van der Waals surface area contributed by atoms with Gasteiger partial charge in [0, 0.05) is 13.1 Å². The second-order valence-electron chi connectivity index (χ2n) is 3.52. The SMILES string of the molecule is CCN(CC)C(=O)CNc1cccc(Cl)c1Br. The van der Waals surface area contributed by atoms with Gasteiger partial charge in [-0.25, -0.2) is 0 Å². The molecule has 1 N–H and O–H groups in total. The predicted molar refractivity (Wildman–Crippen MR) is 75.6 cm³/mol. The van der Waals surface area contributed by atoms with Gasteiger partial charge in [-0.1, -0.05) is 17.7 Å². The summed E-state index contributed by atoms with van der Waals surface area (Å²) in [5.41, 5.74) is 0.831. The van der Waals surface area contributed by atoms with Crippen LogP contribution in [0.25, 0.3) is 0 Å². The van der Waals surface area contributed by atoms with Crippen molar-refractivity contribution >= 4 is 39.1 Å². The summed E-state index contributed by atoms with van der Waals surface area (Å²) in [5.74, 6) is 0.0851. The van der Waals surface area contributed by atoms with Crippen LogP contribution in [-0.4, -0.2) is 30.4 Å². The molecule has 0 aliphatic heterocycles. The standard InChI is InChI=1S/C12H16BrClN2O/c1-3-16(4-2)11(17)8-15-10-7-5-6-9(14)12(10)13/h5-7,15H,3-4,8H2,1-2H3. The van der Waals surface area contributed by atoms with Crippen LogP contribution < -0.4 is 5.32 Å². The number of carbonyl (C=O) groups excluding carboxylic acids is 1. The molecule has 1 rings (SSSR count). The van der Waals surface area contributed by atoms with E-state index in [0.717, 1.165) is 23.2 Å². The van der Waals surface area contributed by atoms with E-state index in [9.17, 15) is 4.79 Å². The number of carbonyl (C=O) groups is 1. The molecule has 5 heteroatoms. The van der Waals surface area contributed by atoms with Gasteiger partial charge in [0.05, 0.1) is 21.7 Å². The largest absolute Gasteiger partial charge is 0.375 e. The lowest BCUT2D eigenvalue weighted by Gasteiger charge is -2.19. The quantitative estimate of drug-likeness (QED) is 0.902. The Labute approximate surface area is 115 Å². The summed E-state index contributed by atoms with van der Waals surface area (Å²) in [6.07, 6.45) is 0. The summed E-state index contributed by atoms with van der Waals surface area (Å²) in [6, 6.07) is 5.52. The van der Waals surface area contributed by atoms with Crippen molar-refractivity contribution in [3.05, 3.63) is 27.7 Å². The maximum Gasteiger partial charge on any atom is 0.241 e. The Balaban J connectivity index is 2.61. The second-order valence-corrected chi connectivity index (χ2v) is 4.72. The van der Waals surface area contributed by atoms with E-state index in [1.807, 2.05) is 26.0 Å². The lowest BCUT2D eigenvalue weighted by molar-refractivity contribution is -0.128. The van der Waals surface area contributed by atoms with E-state index in [2.05, 4.69) is 21.2 Å². The monoisotopic (exact) mass is 318 g/mol. The highest BCUT2D eigenvalue weighted by Gasteiger charge is 2.10. The maximum absolute atomic E-state index is 11.8. The van der Waals surface area contributed by atoms with Crippen molar-refractivity contribution in [2.45, 2.75) is 13.8 Å². The third kappa shape index (κ3) is 3.89. The predicted octanol–water partition coefficient (Wildman–Crippen LogP) is 3.38. The zero-order valence-corrected chi connectivity index (χ0v) is 12.3. The summed E-state index contributed by atoms with van der Waals surface area (Å²) in [7, 11) is 0. The van der Waals surface area contributed by atoms with E-state index in [1.54, 1.807) is 11.0 Å².